The van der Waals surface area contributed by atoms with E-state index in [1.807, 2.05) is 0 Å². The molecule has 0 rings (SSSR count). The van der Waals surface area contributed by atoms with Crippen LogP contribution in [-0.2, 0) is 19.2 Å². The molecule has 0 bridgehead atoms. The first-order chi connectivity index (χ1) is 6.77. The number of carboxylic acids is 4. The van der Waals surface area contributed by atoms with E-state index in [1.54, 1.807) is 0 Å². The van der Waals surface area contributed by atoms with Gasteiger partial charge in [0.15, 0.2) is 0 Å². The summed E-state index contributed by atoms with van der Waals surface area (Å²) in [4.78, 5) is 40.6. The summed E-state index contributed by atoms with van der Waals surface area (Å²) in [6.07, 6.45) is -1.43. The molecule has 0 fully saturated rings. The number of carboxylic acid groups (broad SMARTS) is 4. The SMILES string of the molecule is O=C([O-])CC(C(=O)[O-])=C(C(=O)[O-])C(=O)[O-]. The molecule has 0 aromatic heterocycles. The fraction of sp³-hybridized carbons (Fsp3) is 0.143. The van der Waals surface area contributed by atoms with Gasteiger partial charge >= 0.3 is 0 Å². The molecule has 0 unspecified atom stereocenters. The maximum absolute atomic E-state index is 10.2. The molecule has 8 nitrogen and oxygen atoms in total. The largest absolute Gasteiger partial charge is 0.550 e. The molecule has 0 aliphatic carbocycles. The summed E-state index contributed by atoms with van der Waals surface area (Å²) in [5.74, 6) is -9.00. The molecular formula is C7H2O8-4. The number of rotatable bonds is 5. The second kappa shape index (κ2) is 4.74. The number of carbonyl (C=O) groups excluding carboxylic acids is 4. The molecule has 0 saturated heterocycles. The van der Waals surface area contributed by atoms with Crippen LogP contribution in [0.5, 0.6) is 0 Å². The van der Waals surface area contributed by atoms with Gasteiger partial charge in [-0.05, 0) is 5.57 Å². The Kier molecular flexibility index (Phi) is 3.99. The van der Waals surface area contributed by atoms with Gasteiger partial charge in [0, 0.05) is 18.0 Å². The van der Waals surface area contributed by atoms with Gasteiger partial charge in [-0.1, -0.05) is 0 Å². The molecule has 0 radical (unpaired) electrons. The first-order valence-electron chi connectivity index (χ1n) is 3.34. The zero-order chi connectivity index (χ0) is 12.2. The van der Waals surface area contributed by atoms with E-state index in [1.165, 1.54) is 0 Å². The Morgan fingerprint density at radius 2 is 1.13 bits per heavy atom. The molecule has 0 aliphatic heterocycles. The summed E-state index contributed by atoms with van der Waals surface area (Å²) in [7, 11) is 0. The standard InChI is InChI=1S/C7H6O8/c8-3(9)1-2(5(10)11)4(6(12)13)7(14)15/h1H2,(H,8,9)(H,10,11)(H,12,13)(H,14,15)/p-4. The summed E-state index contributed by atoms with van der Waals surface area (Å²) in [5.41, 5.74) is -3.26. The lowest BCUT2D eigenvalue weighted by Gasteiger charge is -2.18. The minimum Gasteiger partial charge on any atom is -0.550 e. The fourth-order valence-corrected chi connectivity index (χ4v) is 0.737. The Morgan fingerprint density at radius 1 is 0.733 bits per heavy atom. The van der Waals surface area contributed by atoms with Gasteiger partial charge in [-0.15, -0.1) is 0 Å². The molecule has 0 aliphatic rings. The summed E-state index contributed by atoms with van der Waals surface area (Å²) >= 11 is 0. The van der Waals surface area contributed by atoms with Gasteiger partial charge in [0.05, 0.1) is 17.9 Å². The van der Waals surface area contributed by atoms with Gasteiger partial charge in [0.1, 0.15) is 0 Å². The van der Waals surface area contributed by atoms with Crippen molar-refractivity contribution in [2.75, 3.05) is 0 Å². The van der Waals surface area contributed by atoms with Crippen molar-refractivity contribution in [2.24, 2.45) is 0 Å². The molecule has 0 heterocycles. The number of hydrogen-bond acceptors (Lipinski definition) is 8. The van der Waals surface area contributed by atoms with Crippen molar-refractivity contribution in [1.82, 2.24) is 0 Å². The Morgan fingerprint density at radius 3 is 1.33 bits per heavy atom. The summed E-state index contributed by atoms with van der Waals surface area (Å²) in [6.45, 7) is 0. The summed E-state index contributed by atoms with van der Waals surface area (Å²) in [5, 5.41) is 40.6. The summed E-state index contributed by atoms with van der Waals surface area (Å²) < 4.78 is 0. The second-order valence-corrected chi connectivity index (χ2v) is 2.26. The van der Waals surface area contributed by atoms with Gasteiger partial charge in [-0.3, -0.25) is 0 Å². The van der Waals surface area contributed by atoms with Crippen LogP contribution in [0.3, 0.4) is 0 Å². The van der Waals surface area contributed by atoms with Gasteiger partial charge < -0.3 is 39.6 Å². The first-order valence-corrected chi connectivity index (χ1v) is 3.34. The predicted molar refractivity (Wildman–Crippen MR) is 31.7 cm³/mol. The van der Waals surface area contributed by atoms with Gasteiger partial charge in [-0.25, -0.2) is 0 Å². The van der Waals surface area contributed by atoms with Crippen LogP contribution < -0.4 is 20.4 Å². The lowest BCUT2D eigenvalue weighted by molar-refractivity contribution is -0.315. The Hall–Kier alpha value is -2.38. The highest BCUT2D eigenvalue weighted by atomic mass is 16.4. The molecule has 0 N–H and O–H groups in total. The third kappa shape index (κ3) is 3.46. The molecule has 0 aromatic rings. The fourth-order valence-electron chi connectivity index (χ4n) is 0.737. The van der Waals surface area contributed by atoms with Gasteiger partial charge in [-0.2, -0.15) is 0 Å². The zero-order valence-electron chi connectivity index (χ0n) is 6.97. The minimum atomic E-state index is -2.38. The Balaban J connectivity index is 5.56. The second-order valence-electron chi connectivity index (χ2n) is 2.26. The van der Waals surface area contributed by atoms with Gasteiger partial charge in [0.2, 0.25) is 0 Å². The smallest absolute Gasteiger partial charge is 0.0737 e. The van der Waals surface area contributed by atoms with E-state index in [0.29, 0.717) is 0 Å². The monoisotopic (exact) mass is 214 g/mol. The third-order valence-electron chi connectivity index (χ3n) is 1.28. The molecule has 0 spiro atoms. The quantitative estimate of drug-likeness (QED) is 0.248. The van der Waals surface area contributed by atoms with Crippen LogP contribution in [0.4, 0.5) is 0 Å². The summed E-state index contributed by atoms with van der Waals surface area (Å²) in [6, 6.07) is 0. The minimum absolute atomic E-state index is 1.43. The highest BCUT2D eigenvalue weighted by Crippen LogP contribution is 2.07. The normalized spacial score (nSPS) is 9.07. The van der Waals surface area contributed by atoms with Crippen molar-refractivity contribution < 1.29 is 39.6 Å². The first kappa shape index (κ1) is 12.6. The van der Waals surface area contributed by atoms with Crippen molar-refractivity contribution in [1.29, 1.82) is 0 Å². The molecule has 82 valence electrons. The van der Waals surface area contributed by atoms with Crippen molar-refractivity contribution in [3.8, 4) is 0 Å². The third-order valence-corrected chi connectivity index (χ3v) is 1.28. The van der Waals surface area contributed by atoms with Crippen LogP contribution in [-0.4, -0.2) is 23.9 Å². The molecule has 0 saturated carbocycles. The lowest BCUT2D eigenvalue weighted by Crippen LogP contribution is -2.41. The van der Waals surface area contributed by atoms with Crippen LogP contribution in [0.15, 0.2) is 11.1 Å². The van der Waals surface area contributed by atoms with E-state index in [0.717, 1.165) is 0 Å². The van der Waals surface area contributed by atoms with Crippen molar-refractivity contribution >= 4 is 23.9 Å². The topological polar surface area (TPSA) is 161 Å². The van der Waals surface area contributed by atoms with E-state index in [9.17, 15) is 39.6 Å². The van der Waals surface area contributed by atoms with E-state index >= 15 is 0 Å². The van der Waals surface area contributed by atoms with E-state index in [2.05, 4.69) is 0 Å². The molecule has 0 aromatic carbocycles. The number of hydrogen-bond donors (Lipinski definition) is 0. The van der Waals surface area contributed by atoms with E-state index in [4.69, 9.17) is 0 Å². The van der Waals surface area contributed by atoms with Crippen LogP contribution in [0.25, 0.3) is 0 Å². The van der Waals surface area contributed by atoms with Crippen molar-refractivity contribution in [3.05, 3.63) is 11.1 Å². The van der Waals surface area contributed by atoms with Crippen LogP contribution in [0, 0.1) is 0 Å². The maximum atomic E-state index is 10.2. The van der Waals surface area contributed by atoms with Crippen molar-refractivity contribution in [3.63, 3.8) is 0 Å². The Labute approximate surface area is 82.1 Å². The Bertz CT molecular complexity index is 347. The molecule has 0 atom stereocenters. The molecule has 15 heavy (non-hydrogen) atoms. The molecule has 8 heteroatoms. The van der Waals surface area contributed by atoms with E-state index < -0.39 is 41.4 Å². The van der Waals surface area contributed by atoms with E-state index in [-0.39, 0.29) is 0 Å². The number of carbonyl (C=O) groups is 4. The maximum Gasteiger partial charge on any atom is 0.0737 e. The average Bonchev–Trinajstić information content (AvgIpc) is 2.00. The van der Waals surface area contributed by atoms with Crippen LogP contribution in [0.1, 0.15) is 6.42 Å². The predicted octanol–water partition coefficient (Wildman–Crippen LogP) is -6.33. The van der Waals surface area contributed by atoms with Crippen molar-refractivity contribution in [2.45, 2.75) is 6.42 Å². The zero-order valence-corrected chi connectivity index (χ0v) is 6.97. The van der Waals surface area contributed by atoms with Crippen LogP contribution in [0.2, 0.25) is 0 Å². The van der Waals surface area contributed by atoms with Crippen LogP contribution >= 0.6 is 0 Å². The van der Waals surface area contributed by atoms with Gasteiger partial charge in [0.25, 0.3) is 0 Å². The highest BCUT2D eigenvalue weighted by Gasteiger charge is 2.11. The lowest BCUT2D eigenvalue weighted by atomic mass is 10.1. The highest BCUT2D eigenvalue weighted by molar-refractivity contribution is 6.16. The average molecular weight is 214 g/mol. The molecule has 0 amide bonds. The number of aliphatic carboxylic acids is 4. The molecular weight excluding hydrogens is 212 g/mol.